The molecule has 1 rings (SSSR count). The first-order valence-corrected chi connectivity index (χ1v) is 9.45. The Morgan fingerprint density at radius 3 is 2.62 bits per heavy atom. The molecular formula is C20H27N3O6. The second-order valence-electron chi connectivity index (χ2n) is 6.67. The van der Waals surface area contributed by atoms with Gasteiger partial charge in [-0.15, -0.1) is 6.42 Å². The maximum atomic E-state index is 12.1. The molecule has 9 heteroatoms. The zero-order valence-electron chi connectivity index (χ0n) is 16.5. The van der Waals surface area contributed by atoms with E-state index in [0.29, 0.717) is 49.9 Å². The third-order valence-corrected chi connectivity index (χ3v) is 4.32. The van der Waals surface area contributed by atoms with Crippen molar-refractivity contribution in [3.8, 4) is 12.3 Å². The summed E-state index contributed by atoms with van der Waals surface area (Å²) in [5, 5.41) is 23.3. The summed E-state index contributed by atoms with van der Waals surface area (Å²) in [7, 11) is 0. The maximum Gasteiger partial charge on any atom is 0.322 e. The summed E-state index contributed by atoms with van der Waals surface area (Å²) in [6.07, 6.45) is 7.79. The number of unbranched alkanes of at least 4 members (excludes halogenated alkanes) is 1. The lowest BCUT2D eigenvalue weighted by Crippen LogP contribution is -2.47. The van der Waals surface area contributed by atoms with E-state index in [2.05, 4.69) is 21.5 Å². The molecule has 4 N–H and O–H groups in total. The molecular weight excluding hydrogens is 378 g/mol. The van der Waals surface area contributed by atoms with Crippen molar-refractivity contribution in [1.82, 2.24) is 10.6 Å². The van der Waals surface area contributed by atoms with Crippen LogP contribution in [0.4, 0.5) is 0 Å². The Morgan fingerprint density at radius 1 is 1.28 bits per heavy atom. The molecule has 0 heterocycles. The minimum atomic E-state index is -1.19. The largest absolute Gasteiger partial charge is 0.511 e. The summed E-state index contributed by atoms with van der Waals surface area (Å²) in [5.74, 6) is -0.127. The fourth-order valence-electron chi connectivity index (χ4n) is 2.92. The Kier molecular flexibility index (Phi) is 10.2. The fourth-order valence-corrected chi connectivity index (χ4v) is 2.92. The molecule has 0 aromatic heterocycles. The second-order valence-corrected chi connectivity index (χ2v) is 6.67. The van der Waals surface area contributed by atoms with Gasteiger partial charge in [-0.25, -0.2) is 0 Å². The topological polar surface area (TPSA) is 145 Å². The first kappa shape index (κ1) is 23.9. The Hall–Kier alpha value is -3.15. The number of carboxylic acids is 1. The number of carboxylic acid groups (broad SMARTS) is 1. The zero-order chi connectivity index (χ0) is 21.8. The normalized spacial score (nSPS) is 15.4. The van der Waals surface area contributed by atoms with E-state index in [0.717, 1.165) is 0 Å². The fraction of sp³-hybridized carbons (Fsp3) is 0.550. The Morgan fingerprint density at radius 2 is 2.00 bits per heavy atom. The van der Waals surface area contributed by atoms with Crippen molar-refractivity contribution in [1.29, 1.82) is 0 Å². The Bertz CT molecular complexity index is 748. The third-order valence-electron chi connectivity index (χ3n) is 4.32. The highest BCUT2D eigenvalue weighted by Gasteiger charge is 2.22. The van der Waals surface area contributed by atoms with Crippen molar-refractivity contribution >= 4 is 29.3 Å². The number of aliphatic hydroxyl groups is 1. The highest BCUT2D eigenvalue weighted by Crippen LogP contribution is 2.21. The van der Waals surface area contributed by atoms with E-state index in [4.69, 9.17) is 11.5 Å². The first-order valence-electron chi connectivity index (χ1n) is 9.45. The second kappa shape index (κ2) is 12.3. The number of nitrogens with one attached hydrogen (secondary N) is 2. The molecule has 1 aliphatic carbocycles. The van der Waals surface area contributed by atoms with E-state index in [1.165, 1.54) is 0 Å². The molecule has 0 spiro atoms. The van der Waals surface area contributed by atoms with Crippen LogP contribution < -0.4 is 10.6 Å². The number of hydrogen-bond acceptors (Lipinski definition) is 6. The Labute approximate surface area is 169 Å². The van der Waals surface area contributed by atoms with Gasteiger partial charge in [0.1, 0.15) is 18.3 Å². The molecule has 0 aromatic rings. The summed E-state index contributed by atoms with van der Waals surface area (Å²) < 4.78 is 0. The number of aliphatic imine (C=N–C) groups is 1. The third kappa shape index (κ3) is 8.60. The van der Waals surface area contributed by atoms with E-state index in [1.807, 2.05) is 0 Å². The van der Waals surface area contributed by atoms with Gasteiger partial charge in [0.2, 0.25) is 11.8 Å². The first-order chi connectivity index (χ1) is 13.8. The lowest BCUT2D eigenvalue weighted by atomic mass is 9.93. The molecule has 0 saturated heterocycles. The maximum absolute atomic E-state index is 12.1. The number of nitrogens with zero attached hydrogens (tertiary/aromatic N) is 1. The van der Waals surface area contributed by atoms with E-state index >= 15 is 0 Å². The molecule has 0 fully saturated rings. The smallest absolute Gasteiger partial charge is 0.322 e. The molecule has 1 atom stereocenters. The van der Waals surface area contributed by atoms with Crippen molar-refractivity contribution in [2.24, 2.45) is 4.99 Å². The van der Waals surface area contributed by atoms with E-state index < -0.39 is 30.4 Å². The van der Waals surface area contributed by atoms with Crippen LogP contribution in [0.15, 0.2) is 16.3 Å². The van der Waals surface area contributed by atoms with Crippen molar-refractivity contribution in [2.45, 2.75) is 57.9 Å². The van der Waals surface area contributed by atoms with Crippen LogP contribution in [0.2, 0.25) is 0 Å². The van der Waals surface area contributed by atoms with Gasteiger partial charge in [-0.05, 0) is 32.6 Å². The van der Waals surface area contributed by atoms with Gasteiger partial charge in [0.25, 0.3) is 0 Å². The molecule has 0 bridgehead atoms. The van der Waals surface area contributed by atoms with Crippen LogP contribution in [0.5, 0.6) is 0 Å². The number of aliphatic hydroxyl groups excluding tert-OH is 1. The SMILES string of the molecule is C#CCC(=O)N[C@@H](CCCCN=C(C)C1=C(O)CCCC1=O)C(=O)NCC(=O)O. The van der Waals surface area contributed by atoms with Gasteiger partial charge in [0.05, 0.1) is 12.0 Å². The average Bonchev–Trinajstić information content (AvgIpc) is 2.64. The van der Waals surface area contributed by atoms with Gasteiger partial charge < -0.3 is 20.8 Å². The van der Waals surface area contributed by atoms with Crippen LogP contribution >= 0.6 is 0 Å². The summed E-state index contributed by atoms with van der Waals surface area (Å²) in [5.41, 5.74) is 0.786. The summed E-state index contributed by atoms with van der Waals surface area (Å²) >= 11 is 0. The number of rotatable bonds is 11. The molecule has 29 heavy (non-hydrogen) atoms. The number of hydrogen-bond donors (Lipinski definition) is 4. The van der Waals surface area contributed by atoms with Crippen LogP contribution in [0, 0.1) is 12.3 Å². The molecule has 2 amide bonds. The number of ketones is 1. The molecule has 0 aromatic carbocycles. The summed E-state index contributed by atoms with van der Waals surface area (Å²) in [6.45, 7) is 1.52. The lowest BCUT2D eigenvalue weighted by Gasteiger charge is -2.17. The van der Waals surface area contributed by atoms with Gasteiger partial charge in [0, 0.05) is 25.1 Å². The minimum Gasteiger partial charge on any atom is -0.511 e. The predicted molar refractivity (Wildman–Crippen MR) is 106 cm³/mol. The highest BCUT2D eigenvalue weighted by molar-refractivity contribution is 6.22. The molecule has 0 unspecified atom stereocenters. The molecule has 0 saturated carbocycles. The van der Waals surface area contributed by atoms with Crippen molar-refractivity contribution in [3.63, 3.8) is 0 Å². The van der Waals surface area contributed by atoms with Gasteiger partial charge >= 0.3 is 5.97 Å². The van der Waals surface area contributed by atoms with Crippen molar-refractivity contribution < 1.29 is 29.4 Å². The lowest BCUT2D eigenvalue weighted by molar-refractivity contribution is -0.138. The number of carbonyl (C=O) groups excluding carboxylic acids is 3. The standard InChI is InChI=1S/C20H27N3O6/c1-3-7-17(26)23-14(20(29)22-12-18(27)28)8-4-5-11-21-13(2)19-15(24)9-6-10-16(19)25/h1,14,24H,4-12H2,2H3,(H,22,29)(H,23,26)(H,27,28)/t14-/m0/s1. The average molecular weight is 405 g/mol. The van der Waals surface area contributed by atoms with E-state index in [9.17, 15) is 24.3 Å². The minimum absolute atomic E-state index is 0.0777. The molecule has 9 nitrogen and oxygen atoms in total. The van der Waals surface area contributed by atoms with E-state index in [-0.39, 0.29) is 24.4 Å². The highest BCUT2D eigenvalue weighted by atomic mass is 16.4. The van der Waals surface area contributed by atoms with Crippen LogP contribution in [-0.2, 0) is 19.2 Å². The number of Topliss-reactive ketones (excluding diaryl/α,β-unsaturated/α-hetero) is 1. The number of carbonyl (C=O) groups is 4. The number of aliphatic carboxylic acids is 1. The van der Waals surface area contributed by atoms with Gasteiger partial charge in [-0.1, -0.05) is 5.92 Å². The molecule has 158 valence electrons. The molecule has 1 aliphatic rings. The van der Waals surface area contributed by atoms with E-state index in [1.54, 1.807) is 6.92 Å². The van der Waals surface area contributed by atoms with Crippen LogP contribution in [-0.4, -0.2) is 58.6 Å². The quantitative estimate of drug-likeness (QED) is 0.228. The van der Waals surface area contributed by atoms with Crippen molar-refractivity contribution in [2.75, 3.05) is 13.1 Å². The van der Waals surface area contributed by atoms with Gasteiger partial charge in [-0.3, -0.25) is 24.2 Å². The number of terminal acetylenes is 1. The van der Waals surface area contributed by atoms with Gasteiger partial charge in [-0.2, -0.15) is 0 Å². The predicted octanol–water partition coefficient (Wildman–Crippen LogP) is 0.892. The molecule has 0 aliphatic heterocycles. The summed E-state index contributed by atoms with van der Waals surface area (Å²) in [6, 6.07) is -0.896. The number of allylic oxidation sites excluding steroid dienone is 2. The van der Waals surface area contributed by atoms with Crippen LogP contribution in [0.3, 0.4) is 0 Å². The number of amides is 2. The van der Waals surface area contributed by atoms with Crippen LogP contribution in [0.1, 0.15) is 51.9 Å². The zero-order valence-corrected chi connectivity index (χ0v) is 16.5. The van der Waals surface area contributed by atoms with Gasteiger partial charge in [0.15, 0.2) is 5.78 Å². The summed E-state index contributed by atoms with van der Waals surface area (Å²) in [4.78, 5) is 50.6. The van der Waals surface area contributed by atoms with Crippen LogP contribution in [0.25, 0.3) is 0 Å². The Balaban J connectivity index is 2.57. The van der Waals surface area contributed by atoms with Crippen molar-refractivity contribution in [3.05, 3.63) is 11.3 Å². The monoisotopic (exact) mass is 405 g/mol. The molecule has 0 radical (unpaired) electrons.